The molecule has 0 bridgehead atoms. The van der Waals surface area contributed by atoms with Crippen LogP contribution in [0.15, 0.2) is 48.5 Å². The molecule has 1 heterocycles. The van der Waals surface area contributed by atoms with E-state index < -0.39 is 0 Å². The van der Waals surface area contributed by atoms with E-state index in [1.165, 1.54) is 5.56 Å². The van der Waals surface area contributed by atoms with Crippen molar-refractivity contribution in [1.29, 1.82) is 0 Å². The molecule has 2 aliphatic rings. The number of ether oxygens (including phenoxy) is 2. The standard InChI is InChI=1S/C22H25NO3/c1-16(7-8-17-5-3-2-4-6-17)23-21(24)18-9-10-19-20(13-18)26-15-22(11-12-22)14-25-19/h2-6,9-10,13,16H,7-8,11-12,14-15H2,1H3,(H,23,24)/t16-/m1/s1. The quantitative estimate of drug-likeness (QED) is 0.886. The van der Waals surface area contributed by atoms with E-state index >= 15 is 0 Å². The van der Waals surface area contributed by atoms with Gasteiger partial charge in [0.25, 0.3) is 5.91 Å². The van der Waals surface area contributed by atoms with Crippen LogP contribution in [0.3, 0.4) is 0 Å². The second-order valence-corrected chi connectivity index (χ2v) is 7.64. The van der Waals surface area contributed by atoms with Gasteiger partial charge >= 0.3 is 0 Å². The first kappa shape index (κ1) is 17.0. The molecular weight excluding hydrogens is 326 g/mol. The predicted octanol–water partition coefficient (Wildman–Crippen LogP) is 3.99. The molecule has 1 saturated carbocycles. The summed E-state index contributed by atoms with van der Waals surface area (Å²) in [5.74, 6) is 1.35. The first-order valence-corrected chi connectivity index (χ1v) is 9.38. The van der Waals surface area contributed by atoms with Gasteiger partial charge in [-0.1, -0.05) is 30.3 Å². The zero-order chi connectivity index (χ0) is 18.0. The van der Waals surface area contributed by atoms with Crippen LogP contribution in [0.25, 0.3) is 0 Å². The van der Waals surface area contributed by atoms with Gasteiger partial charge < -0.3 is 14.8 Å². The molecule has 1 fully saturated rings. The van der Waals surface area contributed by atoms with Crippen LogP contribution < -0.4 is 14.8 Å². The predicted molar refractivity (Wildman–Crippen MR) is 101 cm³/mol. The molecule has 4 heteroatoms. The number of amides is 1. The highest BCUT2D eigenvalue weighted by Gasteiger charge is 2.46. The van der Waals surface area contributed by atoms with E-state index in [0.717, 1.165) is 31.4 Å². The molecule has 1 spiro atoms. The topological polar surface area (TPSA) is 47.6 Å². The molecule has 2 aromatic rings. The van der Waals surface area contributed by atoms with Crippen LogP contribution in [-0.2, 0) is 6.42 Å². The largest absolute Gasteiger partial charge is 0.489 e. The summed E-state index contributed by atoms with van der Waals surface area (Å²) in [4.78, 5) is 12.6. The molecule has 0 aromatic heterocycles. The molecule has 0 saturated heterocycles. The van der Waals surface area contributed by atoms with Crippen molar-refractivity contribution in [1.82, 2.24) is 5.32 Å². The number of benzene rings is 2. The maximum atomic E-state index is 12.6. The molecule has 1 amide bonds. The lowest BCUT2D eigenvalue weighted by atomic mass is 10.1. The summed E-state index contributed by atoms with van der Waals surface area (Å²) in [5.41, 5.74) is 2.11. The number of hydrogen-bond acceptors (Lipinski definition) is 3. The lowest BCUT2D eigenvalue weighted by Gasteiger charge is -2.15. The molecule has 1 N–H and O–H groups in total. The van der Waals surface area contributed by atoms with Crippen molar-refractivity contribution in [3.05, 3.63) is 59.7 Å². The van der Waals surface area contributed by atoms with Gasteiger partial charge in [-0.3, -0.25) is 4.79 Å². The van der Waals surface area contributed by atoms with Crippen LogP contribution >= 0.6 is 0 Å². The second kappa shape index (κ2) is 7.02. The van der Waals surface area contributed by atoms with Gasteiger partial charge in [0.2, 0.25) is 0 Å². The summed E-state index contributed by atoms with van der Waals surface area (Å²) in [6, 6.07) is 15.9. The normalized spacial score (nSPS) is 18.0. The summed E-state index contributed by atoms with van der Waals surface area (Å²) in [7, 11) is 0. The van der Waals surface area contributed by atoms with Gasteiger partial charge in [-0.15, -0.1) is 0 Å². The van der Waals surface area contributed by atoms with Gasteiger partial charge in [-0.05, 0) is 56.4 Å². The van der Waals surface area contributed by atoms with Crippen molar-refractivity contribution >= 4 is 5.91 Å². The highest BCUT2D eigenvalue weighted by molar-refractivity contribution is 5.95. The van der Waals surface area contributed by atoms with Crippen LogP contribution in [0, 0.1) is 5.41 Å². The molecule has 4 nitrogen and oxygen atoms in total. The number of aryl methyl sites for hydroxylation is 1. The third kappa shape index (κ3) is 3.85. The van der Waals surface area contributed by atoms with Crippen molar-refractivity contribution in [2.24, 2.45) is 5.41 Å². The zero-order valence-corrected chi connectivity index (χ0v) is 15.2. The van der Waals surface area contributed by atoms with E-state index in [9.17, 15) is 4.79 Å². The van der Waals surface area contributed by atoms with E-state index in [2.05, 4.69) is 17.4 Å². The van der Waals surface area contributed by atoms with Crippen molar-refractivity contribution in [3.8, 4) is 11.5 Å². The molecule has 136 valence electrons. The van der Waals surface area contributed by atoms with Crippen molar-refractivity contribution in [2.45, 2.75) is 38.6 Å². The summed E-state index contributed by atoms with van der Waals surface area (Å²) < 4.78 is 11.8. The van der Waals surface area contributed by atoms with E-state index in [0.29, 0.717) is 24.5 Å². The third-order valence-corrected chi connectivity index (χ3v) is 5.32. The number of rotatable bonds is 5. The Kier molecular flexibility index (Phi) is 4.58. The minimum Gasteiger partial charge on any atom is -0.489 e. The minimum atomic E-state index is -0.0673. The number of fused-ring (bicyclic) bond motifs is 1. The monoisotopic (exact) mass is 351 g/mol. The Labute approximate surface area is 154 Å². The van der Waals surface area contributed by atoms with E-state index in [1.807, 2.05) is 37.3 Å². The van der Waals surface area contributed by atoms with Crippen LogP contribution in [-0.4, -0.2) is 25.2 Å². The number of carbonyl (C=O) groups is 1. The number of nitrogens with one attached hydrogen (secondary N) is 1. The van der Waals surface area contributed by atoms with Gasteiger partial charge in [-0.25, -0.2) is 0 Å². The summed E-state index contributed by atoms with van der Waals surface area (Å²) in [5, 5.41) is 3.08. The lowest BCUT2D eigenvalue weighted by molar-refractivity contribution is 0.0938. The van der Waals surface area contributed by atoms with Gasteiger partial charge in [-0.2, -0.15) is 0 Å². The van der Waals surface area contributed by atoms with Gasteiger partial charge in [0.15, 0.2) is 11.5 Å². The van der Waals surface area contributed by atoms with E-state index in [4.69, 9.17) is 9.47 Å². The van der Waals surface area contributed by atoms with Crippen LogP contribution in [0.4, 0.5) is 0 Å². The SMILES string of the molecule is C[C@H](CCc1ccccc1)NC(=O)c1ccc2c(c1)OCC1(CC1)CO2. The van der Waals surface area contributed by atoms with E-state index in [-0.39, 0.29) is 17.4 Å². The molecule has 26 heavy (non-hydrogen) atoms. The Morgan fingerprint density at radius 3 is 2.54 bits per heavy atom. The van der Waals surface area contributed by atoms with Crippen molar-refractivity contribution < 1.29 is 14.3 Å². The fraction of sp³-hybridized carbons (Fsp3) is 0.409. The first-order valence-electron chi connectivity index (χ1n) is 9.38. The highest BCUT2D eigenvalue weighted by Crippen LogP contribution is 2.49. The molecule has 1 atom stereocenters. The fourth-order valence-corrected chi connectivity index (χ4v) is 3.26. The molecule has 1 aliphatic carbocycles. The first-order chi connectivity index (χ1) is 12.6. The number of hydrogen-bond donors (Lipinski definition) is 1. The molecule has 0 unspecified atom stereocenters. The fourth-order valence-electron chi connectivity index (χ4n) is 3.26. The average Bonchev–Trinajstić information content (AvgIpc) is 3.47. The maximum Gasteiger partial charge on any atom is 0.251 e. The third-order valence-electron chi connectivity index (χ3n) is 5.32. The Bertz CT molecular complexity index is 783. The van der Waals surface area contributed by atoms with Crippen LogP contribution in [0.2, 0.25) is 0 Å². The molecular formula is C22H25NO3. The zero-order valence-electron chi connectivity index (χ0n) is 15.2. The molecule has 2 aromatic carbocycles. The summed E-state index contributed by atoms with van der Waals surface area (Å²) >= 11 is 0. The Balaban J connectivity index is 1.35. The van der Waals surface area contributed by atoms with Gasteiger partial charge in [0.05, 0.1) is 13.2 Å². The Hall–Kier alpha value is -2.49. The second-order valence-electron chi connectivity index (χ2n) is 7.64. The van der Waals surface area contributed by atoms with Crippen molar-refractivity contribution in [2.75, 3.05) is 13.2 Å². The molecule has 0 radical (unpaired) electrons. The summed E-state index contributed by atoms with van der Waals surface area (Å²) in [6.07, 6.45) is 4.18. The Morgan fingerprint density at radius 1 is 1.08 bits per heavy atom. The minimum absolute atomic E-state index is 0.0673. The van der Waals surface area contributed by atoms with Gasteiger partial charge in [0, 0.05) is 17.0 Å². The highest BCUT2D eigenvalue weighted by atomic mass is 16.5. The summed E-state index contributed by atoms with van der Waals surface area (Å²) in [6.45, 7) is 3.43. The number of carbonyl (C=O) groups excluding carboxylic acids is 1. The molecule has 4 rings (SSSR count). The van der Waals surface area contributed by atoms with Gasteiger partial charge in [0.1, 0.15) is 0 Å². The molecule has 1 aliphatic heterocycles. The Morgan fingerprint density at radius 2 is 1.81 bits per heavy atom. The smallest absolute Gasteiger partial charge is 0.251 e. The van der Waals surface area contributed by atoms with Crippen LogP contribution in [0.5, 0.6) is 11.5 Å². The maximum absolute atomic E-state index is 12.6. The van der Waals surface area contributed by atoms with Crippen LogP contribution in [0.1, 0.15) is 42.1 Å². The van der Waals surface area contributed by atoms with E-state index in [1.54, 1.807) is 6.07 Å². The van der Waals surface area contributed by atoms with Crippen molar-refractivity contribution in [3.63, 3.8) is 0 Å². The average molecular weight is 351 g/mol. The lowest BCUT2D eigenvalue weighted by Crippen LogP contribution is -2.32.